The standard InChI is InChI=1S/C19H20FN7O4/c1-19(2)18-22-13(14(28)17(30)27(18)6-7-31-19)16(29)21-9-10-4-5-11(20)8-12(10)15-23-25-26(3)24-15/h4-5,8,28H,6-7,9H2,1-3H3,(H,21,29). The van der Waals surface area contributed by atoms with Crippen molar-refractivity contribution >= 4 is 5.91 Å². The van der Waals surface area contributed by atoms with Crippen molar-refractivity contribution in [3.63, 3.8) is 0 Å². The summed E-state index contributed by atoms with van der Waals surface area (Å²) >= 11 is 0. The van der Waals surface area contributed by atoms with Gasteiger partial charge in [-0.2, -0.15) is 4.80 Å². The van der Waals surface area contributed by atoms with Gasteiger partial charge in [-0.05, 0) is 36.8 Å². The molecular formula is C19H20FN7O4. The first-order chi connectivity index (χ1) is 14.7. The van der Waals surface area contributed by atoms with Gasteiger partial charge >= 0.3 is 0 Å². The van der Waals surface area contributed by atoms with Crippen LogP contribution in [0.5, 0.6) is 5.75 Å². The van der Waals surface area contributed by atoms with Crippen LogP contribution in [0.2, 0.25) is 0 Å². The van der Waals surface area contributed by atoms with E-state index in [2.05, 4.69) is 25.7 Å². The van der Waals surface area contributed by atoms with Crippen molar-refractivity contribution in [2.24, 2.45) is 7.05 Å². The van der Waals surface area contributed by atoms with E-state index in [9.17, 15) is 19.1 Å². The third-order valence-corrected chi connectivity index (χ3v) is 4.94. The Hall–Kier alpha value is -3.67. The molecule has 0 unspecified atom stereocenters. The maximum atomic E-state index is 13.8. The Kier molecular flexibility index (Phi) is 5.01. The van der Waals surface area contributed by atoms with Crippen LogP contribution in [0.3, 0.4) is 0 Å². The lowest BCUT2D eigenvalue weighted by molar-refractivity contribution is -0.0566. The number of aromatic hydroxyl groups is 1. The van der Waals surface area contributed by atoms with Crippen LogP contribution in [0.4, 0.5) is 4.39 Å². The van der Waals surface area contributed by atoms with Crippen molar-refractivity contribution in [1.29, 1.82) is 0 Å². The number of tetrazole rings is 1. The molecule has 4 rings (SSSR count). The number of carbonyl (C=O) groups is 1. The quantitative estimate of drug-likeness (QED) is 0.611. The molecule has 1 amide bonds. The highest BCUT2D eigenvalue weighted by Gasteiger charge is 2.34. The smallest absolute Gasteiger partial charge is 0.296 e. The Balaban J connectivity index is 1.64. The van der Waals surface area contributed by atoms with Crippen LogP contribution in [-0.4, -0.2) is 47.4 Å². The first-order valence-electron chi connectivity index (χ1n) is 9.46. The van der Waals surface area contributed by atoms with E-state index in [0.29, 0.717) is 11.1 Å². The van der Waals surface area contributed by atoms with Crippen molar-refractivity contribution in [3.8, 4) is 17.1 Å². The van der Waals surface area contributed by atoms with Gasteiger partial charge in [0.05, 0.1) is 20.2 Å². The molecule has 1 aliphatic heterocycles. The molecule has 31 heavy (non-hydrogen) atoms. The minimum Gasteiger partial charge on any atom is -0.501 e. The summed E-state index contributed by atoms with van der Waals surface area (Å²) in [6.45, 7) is 3.91. The van der Waals surface area contributed by atoms with Crippen LogP contribution < -0.4 is 10.9 Å². The number of nitrogens with one attached hydrogen (secondary N) is 1. The molecule has 0 aliphatic carbocycles. The van der Waals surface area contributed by atoms with Crippen molar-refractivity contribution in [2.45, 2.75) is 32.5 Å². The highest BCUT2D eigenvalue weighted by molar-refractivity contribution is 5.94. The van der Waals surface area contributed by atoms with Gasteiger partial charge in [0.2, 0.25) is 11.6 Å². The summed E-state index contributed by atoms with van der Waals surface area (Å²) in [6.07, 6.45) is 0. The lowest BCUT2D eigenvalue weighted by Gasteiger charge is -2.32. The van der Waals surface area contributed by atoms with Gasteiger partial charge in [-0.15, -0.1) is 10.2 Å². The molecule has 11 nitrogen and oxygen atoms in total. The number of hydrogen-bond donors (Lipinski definition) is 2. The minimum atomic E-state index is -0.901. The molecule has 0 atom stereocenters. The van der Waals surface area contributed by atoms with E-state index >= 15 is 0 Å². The highest BCUT2D eigenvalue weighted by Crippen LogP contribution is 2.27. The molecule has 0 saturated carbocycles. The molecule has 1 aliphatic rings. The summed E-state index contributed by atoms with van der Waals surface area (Å²) in [5.74, 6) is -1.56. The van der Waals surface area contributed by atoms with Gasteiger partial charge in [-0.1, -0.05) is 6.07 Å². The van der Waals surface area contributed by atoms with E-state index in [4.69, 9.17) is 4.74 Å². The van der Waals surface area contributed by atoms with Crippen molar-refractivity contribution in [3.05, 3.63) is 51.5 Å². The number of ether oxygens (including phenoxy) is 1. The number of hydrogen-bond acceptors (Lipinski definition) is 8. The van der Waals surface area contributed by atoms with E-state index in [1.807, 2.05) is 0 Å². The summed E-state index contributed by atoms with van der Waals surface area (Å²) in [6, 6.07) is 3.95. The fourth-order valence-electron chi connectivity index (χ4n) is 3.39. The minimum absolute atomic E-state index is 0.0495. The molecule has 0 spiro atoms. The van der Waals surface area contributed by atoms with Gasteiger partial charge in [0.1, 0.15) is 17.2 Å². The molecule has 2 N–H and O–H groups in total. The Morgan fingerprint density at radius 2 is 2.16 bits per heavy atom. The Bertz CT molecular complexity index is 1230. The van der Waals surface area contributed by atoms with Crippen LogP contribution in [0.15, 0.2) is 23.0 Å². The maximum absolute atomic E-state index is 13.8. The molecule has 162 valence electrons. The van der Waals surface area contributed by atoms with E-state index in [-0.39, 0.29) is 31.3 Å². The van der Waals surface area contributed by atoms with Crippen molar-refractivity contribution < 1.29 is 19.0 Å². The molecule has 0 saturated heterocycles. The number of aryl methyl sites for hydroxylation is 1. The van der Waals surface area contributed by atoms with Gasteiger partial charge in [0.25, 0.3) is 11.5 Å². The number of benzene rings is 1. The summed E-state index contributed by atoms with van der Waals surface area (Å²) < 4.78 is 20.7. The molecule has 3 aromatic rings. The first-order valence-corrected chi connectivity index (χ1v) is 9.46. The molecule has 0 fully saturated rings. The van der Waals surface area contributed by atoms with E-state index < -0.39 is 34.3 Å². The molecule has 3 heterocycles. The average Bonchev–Trinajstić information content (AvgIpc) is 3.15. The second-order valence-corrected chi connectivity index (χ2v) is 7.53. The summed E-state index contributed by atoms with van der Waals surface area (Å²) in [7, 11) is 1.57. The Morgan fingerprint density at radius 3 is 2.87 bits per heavy atom. The predicted octanol–water partition coefficient (Wildman–Crippen LogP) is 0.474. The normalized spacial score (nSPS) is 14.8. The second kappa shape index (κ2) is 7.54. The third kappa shape index (κ3) is 3.77. The number of fused-ring (bicyclic) bond motifs is 1. The van der Waals surface area contributed by atoms with Gasteiger partial charge in [-0.25, -0.2) is 9.37 Å². The van der Waals surface area contributed by atoms with Gasteiger partial charge in [0.15, 0.2) is 5.69 Å². The zero-order valence-corrected chi connectivity index (χ0v) is 17.1. The lowest BCUT2D eigenvalue weighted by atomic mass is 10.1. The van der Waals surface area contributed by atoms with Gasteiger partial charge in [-0.3, -0.25) is 14.2 Å². The van der Waals surface area contributed by atoms with Crippen molar-refractivity contribution in [1.82, 2.24) is 35.1 Å². The first kappa shape index (κ1) is 20.6. The number of halogens is 1. The molecule has 2 aromatic heterocycles. The monoisotopic (exact) mass is 429 g/mol. The zero-order valence-electron chi connectivity index (χ0n) is 17.1. The zero-order chi connectivity index (χ0) is 22.3. The summed E-state index contributed by atoms with van der Waals surface area (Å²) in [5.41, 5.74) is -1.15. The van der Waals surface area contributed by atoms with Crippen LogP contribution in [-0.2, 0) is 30.5 Å². The molecule has 12 heteroatoms. The van der Waals surface area contributed by atoms with Crippen molar-refractivity contribution in [2.75, 3.05) is 6.61 Å². The Morgan fingerprint density at radius 1 is 1.39 bits per heavy atom. The molecule has 1 aromatic carbocycles. The number of amides is 1. The maximum Gasteiger partial charge on any atom is 0.296 e. The summed E-state index contributed by atoms with van der Waals surface area (Å²) in [5, 5.41) is 24.6. The highest BCUT2D eigenvalue weighted by atomic mass is 19.1. The van der Waals surface area contributed by atoms with E-state index in [1.165, 1.54) is 27.6 Å². The molecule has 0 bridgehead atoms. The van der Waals surface area contributed by atoms with Crippen LogP contribution in [0, 0.1) is 5.82 Å². The number of rotatable bonds is 4. The fourth-order valence-corrected chi connectivity index (χ4v) is 3.39. The van der Waals surface area contributed by atoms with Crippen LogP contribution in [0.1, 0.15) is 35.7 Å². The second-order valence-electron chi connectivity index (χ2n) is 7.53. The SMILES string of the molecule is Cn1nnc(-c2cc(F)ccc2CNC(=O)c2nc3n(c(=O)c2O)CCOC3(C)C)n1. The van der Waals surface area contributed by atoms with Crippen LogP contribution in [0.25, 0.3) is 11.4 Å². The predicted molar refractivity (Wildman–Crippen MR) is 105 cm³/mol. The van der Waals surface area contributed by atoms with Gasteiger partial charge < -0.3 is 15.2 Å². The largest absolute Gasteiger partial charge is 0.501 e. The number of aromatic nitrogens is 6. The number of nitrogens with zero attached hydrogens (tertiary/aromatic N) is 6. The van der Waals surface area contributed by atoms with Gasteiger partial charge in [0, 0.05) is 12.1 Å². The molecular weight excluding hydrogens is 409 g/mol. The molecule has 0 radical (unpaired) electrons. The van der Waals surface area contributed by atoms with E-state index in [0.717, 1.165) is 0 Å². The van der Waals surface area contributed by atoms with E-state index in [1.54, 1.807) is 20.9 Å². The summed E-state index contributed by atoms with van der Waals surface area (Å²) in [4.78, 5) is 30.8. The lowest BCUT2D eigenvalue weighted by Crippen LogP contribution is -2.42. The average molecular weight is 429 g/mol. The van der Waals surface area contributed by atoms with Crippen LogP contribution >= 0.6 is 0 Å². The fraction of sp³-hybridized carbons (Fsp3) is 0.368. The number of carbonyl (C=O) groups excluding carboxylic acids is 1. The topological polar surface area (TPSA) is 137 Å². The Labute approximate surface area is 175 Å². The third-order valence-electron chi connectivity index (χ3n) is 4.94.